The Morgan fingerprint density at radius 2 is 1.85 bits per heavy atom. The third kappa shape index (κ3) is 4.04. The lowest BCUT2D eigenvalue weighted by Gasteiger charge is -2.05. The van der Waals surface area contributed by atoms with Crippen LogP contribution in [0.2, 0.25) is 0 Å². The van der Waals surface area contributed by atoms with Gasteiger partial charge in [0, 0.05) is 28.8 Å². The van der Waals surface area contributed by atoms with Crippen molar-refractivity contribution in [3.05, 3.63) is 69.1 Å². The number of thiazole rings is 1. The minimum absolute atomic E-state index is 0.0333. The molecule has 8 heteroatoms. The fourth-order valence-electron chi connectivity index (χ4n) is 2.48. The lowest BCUT2D eigenvalue weighted by atomic mass is 10.0. The van der Waals surface area contributed by atoms with Crippen LogP contribution < -0.4 is 10.6 Å². The lowest BCUT2D eigenvalue weighted by molar-refractivity contribution is -0.384. The molecule has 7 nitrogen and oxygen atoms in total. The summed E-state index contributed by atoms with van der Waals surface area (Å²) in [6.45, 7) is 4.06. The standard InChI is InChI=1S/C18H16N4O3S/c1-11-3-8-15(12(2)9-11)16-10-26-18(20-16)21-17(23)19-13-4-6-14(7-5-13)22(24)25/h3-10H,1-2H3,(H2,19,20,21,23). The molecule has 26 heavy (non-hydrogen) atoms. The van der Waals surface area contributed by atoms with Gasteiger partial charge in [-0.1, -0.05) is 23.8 Å². The second-order valence-corrected chi connectivity index (χ2v) is 6.60. The molecule has 0 saturated carbocycles. The Labute approximate surface area is 153 Å². The molecule has 0 unspecified atom stereocenters. The summed E-state index contributed by atoms with van der Waals surface area (Å²) < 4.78 is 0. The molecule has 2 amide bonds. The molecule has 0 atom stereocenters. The van der Waals surface area contributed by atoms with E-state index in [-0.39, 0.29) is 5.69 Å². The van der Waals surface area contributed by atoms with Crippen LogP contribution in [0.5, 0.6) is 0 Å². The van der Waals surface area contributed by atoms with Crippen LogP contribution in [0, 0.1) is 24.0 Å². The van der Waals surface area contributed by atoms with Crippen molar-refractivity contribution in [3.63, 3.8) is 0 Å². The molecule has 2 aromatic carbocycles. The highest BCUT2D eigenvalue weighted by atomic mass is 32.1. The van der Waals surface area contributed by atoms with E-state index in [1.54, 1.807) is 0 Å². The van der Waals surface area contributed by atoms with E-state index < -0.39 is 11.0 Å². The normalized spacial score (nSPS) is 10.4. The number of nitro groups is 1. The highest BCUT2D eigenvalue weighted by Gasteiger charge is 2.11. The largest absolute Gasteiger partial charge is 0.325 e. The van der Waals surface area contributed by atoms with Gasteiger partial charge in [-0.3, -0.25) is 15.4 Å². The molecule has 1 heterocycles. The molecule has 3 aromatic rings. The fraction of sp³-hybridized carbons (Fsp3) is 0.111. The van der Waals surface area contributed by atoms with Gasteiger partial charge >= 0.3 is 6.03 Å². The summed E-state index contributed by atoms with van der Waals surface area (Å²) in [5.74, 6) is 0. The van der Waals surface area contributed by atoms with Crippen LogP contribution in [0.3, 0.4) is 0 Å². The first-order valence-electron chi connectivity index (χ1n) is 7.78. The summed E-state index contributed by atoms with van der Waals surface area (Å²) >= 11 is 1.33. The molecule has 0 saturated heterocycles. The third-order valence-electron chi connectivity index (χ3n) is 3.72. The number of urea groups is 1. The second-order valence-electron chi connectivity index (χ2n) is 5.74. The van der Waals surface area contributed by atoms with Crippen LogP contribution in [-0.4, -0.2) is 15.9 Å². The van der Waals surface area contributed by atoms with Crippen molar-refractivity contribution in [3.8, 4) is 11.3 Å². The maximum Gasteiger partial charge on any atom is 0.325 e. The number of non-ortho nitro benzene ring substituents is 1. The van der Waals surface area contributed by atoms with Gasteiger partial charge in [-0.25, -0.2) is 9.78 Å². The van der Waals surface area contributed by atoms with E-state index in [9.17, 15) is 14.9 Å². The first-order chi connectivity index (χ1) is 12.4. The number of hydrogen-bond donors (Lipinski definition) is 2. The van der Waals surface area contributed by atoms with E-state index in [0.717, 1.165) is 16.8 Å². The summed E-state index contributed by atoms with van der Waals surface area (Å²) in [6, 6.07) is 11.3. The minimum atomic E-state index is -0.492. The lowest BCUT2D eigenvalue weighted by Crippen LogP contribution is -2.19. The maximum absolute atomic E-state index is 12.1. The zero-order chi connectivity index (χ0) is 18.7. The Balaban J connectivity index is 1.66. The number of benzene rings is 2. The number of aryl methyl sites for hydroxylation is 2. The number of amides is 2. The summed E-state index contributed by atoms with van der Waals surface area (Å²) in [5.41, 5.74) is 4.56. The van der Waals surface area contributed by atoms with Crippen molar-refractivity contribution < 1.29 is 9.72 Å². The van der Waals surface area contributed by atoms with Crippen LogP contribution in [0.4, 0.5) is 21.3 Å². The van der Waals surface area contributed by atoms with E-state index in [4.69, 9.17) is 0 Å². The molecule has 0 aliphatic rings. The second kappa shape index (κ2) is 7.32. The zero-order valence-electron chi connectivity index (χ0n) is 14.1. The molecule has 3 rings (SSSR count). The highest BCUT2D eigenvalue weighted by Crippen LogP contribution is 2.28. The molecule has 0 fully saturated rings. The molecule has 0 bridgehead atoms. The van der Waals surface area contributed by atoms with E-state index in [1.165, 1.54) is 41.2 Å². The van der Waals surface area contributed by atoms with Gasteiger partial charge in [0.2, 0.25) is 0 Å². The predicted octanol–water partition coefficient (Wildman–Crippen LogP) is 4.98. The SMILES string of the molecule is Cc1ccc(-c2csc(NC(=O)Nc3ccc([N+](=O)[O-])cc3)n2)c(C)c1. The first kappa shape index (κ1) is 17.6. The average Bonchev–Trinajstić information content (AvgIpc) is 3.03. The van der Waals surface area contributed by atoms with Gasteiger partial charge < -0.3 is 5.32 Å². The Kier molecular flexibility index (Phi) is 4.94. The summed E-state index contributed by atoms with van der Waals surface area (Å²) in [4.78, 5) is 26.7. The van der Waals surface area contributed by atoms with Crippen LogP contribution in [0.25, 0.3) is 11.3 Å². The van der Waals surface area contributed by atoms with E-state index in [0.29, 0.717) is 10.8 Å². The van der Waals surface area contributed by atoms with Crippen molar-refractivity contribution >= 4 is 33.9 Å². The van der Waals surface area contributed by atoms with Crippen LogP contribution >= 0.6 is 11.3 Å². The number of carbonyl (C=O) groups is 1. The summed E-state index contributed by atoms with van der Waals surface area (Å²) in [7, 11) is 0. The molecule has 2 N–H and O–H groups in total. The monoisotopic (exact) mass is 368 g/mol. The van der Waals surface area contributed by atoms with Crippen molar-refractivity contribution in [2.45, 2.75) is 13.8 Å². The van der Waals surface area contributed by atoms with Gasteiger partial charge in [0.25, 0.3) is 5.69 Å². The smallest absolute Gasteiger partial charge is 0.308 e. The number of nitro benzene ring substituents is 1. The Morgan fingerprint density at radius 3 is 2.50 bits per heavy atom. The molecule has 0 aliphatic carbocycles. The van der Waals surface area contributed by atoms with Crippen molar-refractivity contribution in [2.24, 2.45) is 0 Å². The first-order valence-corrected chi connectivity index (χ1v) is 8.66. The van der Waals surface area contributed by atoms with Crippen LogP contribution in [-0.2, 0) is 0 Å². The number of anilines is 2. The van der Waals surface area contributed by atoms with Gasteiger partial charge in [0.1, 0.15) is 0 Å². The van der Waals surface area contributed by atoms with Crippen molar-refractivity contribution in [2.75, 3.05) is 10.6 Å². The average molecular weight is 368 g/mol. The molecule has 0 radical (unpaired) electrons. The Bertz CT molecular complexity index is 967. The molecule has 0 spiro atoms. The van der Waals surface area contributed by atoms with Gasteiger partial charge in [0.05, 0.1) is 10.6 Å². The minimum Gasteiger partial charge on any atom is -0.308 e. The number of nitrogens with zero attached hydrogens (tertiary/aromatic N) is 2. The fourth-order valence-corrected chi connectivity index (χ4v) is 3.19. The molecule has 0 aliphatic heterocycles. The Hall–Kier alpha value is -3.26. The molecular formula is C18H16N4O3S. The quantitative estimate of drug-likeness (QED) is 0.501. The van der Waals surface area contributed by atoms with E-state index >= 15 is 0 Å². The Morgan fingerprint density at radius 1 is 1.12 bits per heavy atom. The van der Waals surface area contributed by atoms with Crippen molar-refractivity contribution in [1.29, 1.82) is 0 Å². The van der Waals surface area contributed by atoms with E-state index in [2.05, 4.69) is 21.7 Å². The summed E-state index contributed by atoms with van der Waals surface area (Å²) in [6.07, 6.45) is 0. The van der Waals surface area contributed by atoms with Gasteiger partial charge in [-0.05, 0) is 31.5 Å². The molecule has 1 aromatic heterocycles. The van der Waals surface area contributed by atoms with Crippen molar-refractivity contribution in [1.82, 2.24) is 4.98 Å². The topological polar surface area (TPSA) is 97.2 Å². The van der Waals surface area contributed by atoms with Crippen LogP contribution in [0.15, 0.2) is 47.8 Å². The van der Waals surface area contributed by atoms with Gasteiger partial charge in [0.15, 0.2) is 5.13 Å². The van der Waals surface area contributed by atoms with E-state index in [1.807, 2.05) is 31.4 Å². The summed E-state index contributed by atoms with van der Waals surface area (Å²) in [5, 5.41) is 18.3. The number of nitrogens with one attached hydrogen (secondary N) is 2. The predicted molar refractivity (Wildman–Crippen MR) is 103 cm³/mol. The highest BCUT2D eigenvalue weighted by molar-refractivity contribution is 7.14. The molecule has 132 valence electrons. The molecular weight excluding hydrogens is 352 g/mol. The number of hydrogen-bond acceptors (Lipinski definition) is 5. The number of rotatable bonds is 4. The van der Waals surface area contributed by atoms with Crippen LogP contribution in [0.1, 0.15) is 11.1 Å². The van der Waals surface area contributed by atoms with Gasteiger partial charge in [-0.15, -0.1) is 11.3 Å². The zero-order valence-corrected chi connectivity index (χ0v) is 15.0. The maximum atomic E-state index is 12.1. The van der Waals surface area contributed by atoms with Gasteiger partial charge in [-0.2, -0.15) is 0 Å². The number of aromatic nitrogens is 1. The third-order valence-corrected chi connectivity index (χ3v) is 4.48. The number of carbonyl (C=O) groups excluding carboxylic acids is 1.